The summed E-state index contributed by atoms with van der Waals surface area (Å²) in [4.78, 5) is 0. The first kappa shape index (κ1) is 13.8. The second-order valence-electron chi connectivity index (χ2n) is 5.04. The molecule has 0 aromatic heterocycles. The number of rotatable bonds is 7. The number of unbranched alkanes of at least 4 members (excludes halogenated alkanes) is 1. The van der Waals surface area contributed by atoms with Crippen LogP contribution >= 0.6 is 0 Å². The average molecular weight is 253 g/mol. The summed E-state index contributed by atoms with van der Waals surface area (Å²) in [6.45, 7) is 1.12. The number of hydrogen-bond donors (Lipinski definition) is 1. The monoisotopic (exact) mass is 253 g/mol. The van der Waals surface area contributed by atoms with E-state index in [9.17, 15) is 0 Å². The van der Waals surface area contributed by atoms with E-state index in [4.69, 9.17) is 0 Å². The van der Waals surface area contributed by atoms with Crippen LogP contribution in [0.25, 0.3) is 0 Å². The lowest BCUT2D eigenvalue weighted by atomic mass is 10.0. The van der Waals surface area contributed by atoms with Crippen LogP contribution in [0.4, 0.5) is 0 Å². The normalized spacial score (nSPS) is 10.6. The molecule has 0 aliphatic carbocycles. The highest BCUT2D eigenvalue weighted by Gasteiger charge is 1.97. The number of hydrogen-bond acceptors (Lipinski definition) is 1. The summed E-state index contributed by atoms with van der Waals surface area (Å²) in [5, 5.41) is 3.19. The van der Waals surface area contributed by atoms with E-state index >= 15 is 0 Å². The third-order valence-corrected chi connectivity index (χ3v) is 3.42. The van der Waals surface area contributed by atoms with Gasteiger partial charge in [-0.2, -0.15) is 0 Å². The van der Waals surface area contributed by atoms with Gasteiger partial charge in [0.2, 0.25) is 0 Å². The fourth-order valence-electron chi connectivity index (χ4n) is 2.29. The Hall–Kier alpha value is -1.60. The zero-order valence-electron chi connectivity index (χ0n) is 11.7. The topological polar surface area (TPSA) is 12.0 Å². The van der Waals surface area contributed by atoms with Gasteiger partial charge in [-0.25, -0.2) is 0 Å². The first-order valence-electron chi connectivity index (χ1n) is 7.15. The van der Waals surface area contributed by atoms with Crippen molar-refractivity contribution in [1.82, 2.24) is 5.32 Å². The molecule has 2 aromatic rings. The van der Waals surface area contributed by atoms with Gasteiger partial charge in [-0.1, -0.05) is 54.6 Å². The third-order valence-electron chi connectivity index (χ3n) is 3.42. The Morgan fingerprint density at radius 3 is 2.05 bits per heavy atom. The summed E-state index contributed by atoms with van der Waals surface area (Å²) in [5.74, 6) is 0. The quantitative estimate of drug-likeness (QED) is 0.740. The minimum atomic E-state index is 1.03. The van der Waals surface area contributed by atoms with Crippen molar-refractivity contribution in [3.63, 3.8) is 0 Å². The van der Waals surface area contributed by atoms with Gasteiger partial charge in [0.25, 0.3) is 0 Å². The van der Waals surface area contributed by atoms with Crippen molar-refractivity contribution in [2.24, 2.45) is 0 Å². The minimum absolute atomic E-state index is 1.03. The summed E-state index contributed by atoms with van der Waals surface area (Å²) < 4.78 is 0. The van der Waals surface area contributed by atoms with Gasteiger partial charge in [0.05, 0.1) is 0 Å². The third kappa shape index (κ3) is 4.88. The Morgan fingerprint density at radius 1 is 0.737 bits per heavy atom. The molecule has 0 amide bonds. The Morgan fingerprint density at radius 2 is 1.37 bits per heavy atom. The van der Waals surface area contributed by atoms with Crippen LogP contribution in [0, 0.1) is 0 Å². The second-order valence-corrected chi connectivity index (χ2v) is 5.04. The Bertz CT molecular complexity index is 459. The fraction of sp³-hybridized carbons (Fsp3) is 0.333. The molecule has 0 bridgehead atoms. The molecule has 0 atom stereocenters. The summed E-state index contributed by atoms with van der Waals surface area (Å²) in [6.07, 6.45) is 4.73. The fourth-order valence-corrected chi connectivity index (χ4v) is 2.29. The van der Waals surface area contributed by atoms with Gasteiger partial charge in [-0.05, 0) is 56.0 Å². The van der Waals surface area contributed by atoms with E-state index in [2.05, 4.69) is 59.9 Å². The van der Waals surface area contributed by atoms with Crippen molar-refractivity contribution in [1.29, 1.82) is 0 Å². The van der Waals surface area contributed by atoms with Crippen molar-refractivity contribution in [2.75, 3.05) is 13.6 Å². The van der Waals surface area contributed by atoms with Crippen molar-refractivity contribution in [2.45, 2.75) is 25.7 Å². The first-order chi connectivity index (χ1) is 9.38. The molecule has 0 heterocycles. The van der Waals surface area contributed by atoms with E-state index < -0.39 is 0 Å². The molecule has 2 aromatic carbocycles. The molecule has 0 saturated heterocycles. The molecule has 0 radical (unpaired) electrons. The van der Waals surface area contributed by atoms with Crippen molar-refractivity contribution >= 4 is 0 Å². The number of aryl methyl sites for hydroxylation is 1. The molecule has 0 aliphatic heterocycles. The van der Waals surface area contributed by atoms with Gasteiger partial charge in [0, 0.05) is 0 Å². The van der Waals surface area contributed by atoms with Crippen LogP contribution in [0.3, 0.4) is 0 Å². The van der Waals surface area contributed by atoms with Crippen LogP contribution in [0.1, 0.15) is 29.5 Å². The zero-order valence-corrected chi connectivity index (χ0v) is 11.7. The number of benzene rings is 2. The van der Waals surface area contributed by atoms with Crippen molar-refractivity contribution in [3.05, 3.63) is 71.3 Å². The van der Waals surface area contributed by atoms with Gasteiger partial charge in [0.1, 0.15) is 0 Å². The molecule has 1 heteroatoms. The highest BCUT2D eigenvalue weighted by molar-refractivity contribution is 5.28. The predicted molar refractivity (Wildman–Crippen MR) is 82.6 cm³/mol. The molecule has 0 fully saturated rings. The van der Waals surface area contributed by atoms with Crippen LogP contribution < -0.4 is 5.32 Å². The molecule has 2 rings (SSSR count). The molecular weight excluding hydrogens is 230 g/mol. The van der Waals surface area contributed by atoms with E-state index in [0.717, 1.165) is 13.0 Å². The van der Waals surface area contributed by atoms with Crippen LogP contribution in [0.2, 0.25) is 0 Å². The van der Waals surface area contributed by atoms with Crippen molar-refractivity contribution in [3.8, 4) is 0 Å². The largest absolute Gasteiger partial charge is 0.320 e. The Balaban J connectivity index is 1.84. The first-order valence-corrected chi connectivity index (χ1v) is 7.15. The summed E-state index contributed by atoms with van der Waals surface area (Å²) in [7, 11) is 2.01. The van der Waals surface area contributed by atoms with Crippen LogP contribution in [-0.4, -0.2) is 13.6 Å². The minimum Gasteiger partial charge on any atom is -0.320 e. The molecule has 0 aliphatic rings. The lowest BCUT2D eigenvalue weighted by molar-refractivity contribution is 0.677. The van der Waals surface area contributed by atoms with E-state index in [1.807, 2.05) is 7.05 Å². The summed E-state index contributed by atoms with van der Waals surface area (Å²) >= 11 is 0. The van der Waals surface area contributed by atoms with Gasteiger partial charge in [-0.3, -0.25) is 0 Å². The van der Waals surface area contributed by atoms with E-state index in [1.165, 1.54) is 36.0 Å². The second kappa shape index (κ2) is 7.75. The molecule has 1 N–H and O–H groups in total. The Labute approximate surface area is 116 Å². The maximum absolute atomic E-state index is 3.19. The van der Waals surface area contributed by atoms with Crippen molar-refractivity contribution < 1.29 is 0 Å². The van der Waals surface area contributed by atoms with E-state index in [-0.39, 0.29) is 0 Å². The highest BCUT2D eigenvalue weighted by Crippen LogP contribution is 2.12. The van der Waals surface area contributed by atoms with Gasteiger partial charge in [-0.15, -0.1) is 0 Å². The van der Waals surface area contributed by atoms with E-state index in [1.54, 1.807) is 0 Å². The van der Waals surface area contributed by atoms with Crippen LogP contribution in [-0.2, 0) is 12.8 Å². The molecular formula is C18H23N. The standard InChI is InChI=1S/C18H23N/c1-19-14-6-5-7-16-10-12-18(13-11-16)15-17-8-3-2-4-9-17/h2-4,8-13,19H,5-7,14-15H2,1H3. The molecule has 0 unspecified atom stereocenters. The Kier molecular flexibility index (Phi) is 5.64. The van der Waals surface area contributed by atoms with Gasteiger partial charge < -0.3 is 5.32 Å². The van der Waals surface area contributed by atoms with E-state index in [0.29, 0.717) is 0 Å². The molecule has 19 heavy (non-hydrogen) atoms. The molecule has 1 nitrogen and oxygen atoms in total. The SMILES string of the molecule is CNCCCCc1ccc(Cc2ccccc2)cc1. The highest BCUT2D eigenvalue weighted by atomic mass is 14.8. The van der Waals surface area contributed by atoms with Gasteiger partial charge >= 0.3 is 0 Å². The average Bonchev–Trinajstić information content (AvgIpc) is 2.46. The maximum Gasteiger partial charge on any atom is -0.00258 e. The molecule has 100 valence electrons. The summed E-state index contributed by atoms with van der Waals surface area (Å²) in [6, 6.07) is 19.7. The summed E-state index contributed by atoms with van der Waals surface area (Å²) in [5.41, 5.74) is 4.22. The smallest absolute Gasteiger partial charge is 0.00258 e. The lowest BCUT2D eigenvalue weighted by Gasteiger charge is -2.05. The van der Waals surface area contributed by atoms with Crippen LogP contribution in [0.5, 0.6) is 0 Å². The molecule has 0 spiro atoms. The maximum atomic E-state index is 3.19. The molecule has 0 saturated carbocycles. The lowest BCUT2D eigenvalue weighted by Crippen LogP contribution is -2.07. The zero-order chi connectivity index (χ0) is 13.3. The predicted octanol–water partition coefficient (Wildman–Crippen LogP) is 3.82. The van der Waals surface area contributed by atoms with Crippen LogP contribution in [0.15, 0.2) is 54.6 Å². The number of nitrogens with one attached hydrogen (secondary N) is 1. The van der Waals surface area contributed by atoms with Gasteiger partial charge in [0.15, 0.2) is 0 Å².